The normalized spacial score (nSPS) is 12.5. The Morgan fingerprint density at radius 3 is 2.00 bits per heavy atom. The second kappa shape index (κ2) is 6.99. The van der Waals surface area contributed by atoms with Gasteiger partial charge < -0.3 is 0 Å². The average Bonchev–Trinajstić information content (AvgIpc) is 2.95. The van der Waals surface area contributed by atoms with Crippen molar-refractivity contribution in [3.63, 3.8) is 0 Å². The van der Waals surface area contributed by atoms with Crippen LogP contribution in [0.2, 0.25) is 0 Å². The van der Waals surface area contributed by atoms with Crippen molar-refractivity contribution in [1.82, 2.24) is 4.98 Å². The van der Waals surface area contributed by atoms with E-state index in [-0.39, 0.29) is 5.25 Å². The van der Waals surface area contributed by atoms with Crippen LogP contribution in [-0.2, 0) is 16.6 Å². The number of aryl methyl sites for hydroxylation is 1. The first-order valence-corrected chi connectivity index (χ1v) is 9.38. The molecule has 0 aliphatic carbocycles. The molecule has 2 nitrogen and oxygen atoms in total. The molecule has 0 saturated heterocycles. The van der Waals surface area contributed by atoms with Crippen LogP contribution in [0.15, 0.2) is 66.2 Å². The molecule has 0 aliphatic heterocycles. The molecule has 112 valence electrons. The fourth-order valence-corrected chi connectivity index (χ4v) is 5.17. The zero-order valence-electron chi connectivity index (χ0n) is 12.3. The van der Waals surface area contributed by atoms with Gasteiger partial charge in [0.25, 0.3) is 0 Å². The molecule has 1 heterocycles. The van der Waals surface area contributed by atoms with E-state index in [1.807, 2.05) is 48.8 Å². The van der Waals surface area contributed by atoms with Gasteiger partial charge in [0.15, 0.2) is 0 Å². The van der Waals surface area contributed by atoms with E-state index in [4.69, 9.17) is 0 Å². The number of rotatable bonds is 5. The summed E-state index contributed by atoms with van der Waals surface area (Å²) in [5, 5.41) is -0.108. The number of benzene rings is 2. The first-order valence-electron chi connectivity index (χ1n) is 7.11. The van der Waals surface area contributed by atoms with E-state index in [1.54, 1.807) is 11.3 Å². The van der Waals surface area contributed by atoms with Gasteiger partial charge >= 0.3 is 0 Å². The molecule has 4 heteroatoms. The lowest BCUT2D eigenvalue weighted by atomic mass is 10.0. The molecular formula is C18H17NOS2. The lowest BCUT2D eigenvalue weighted by Crippen LogP contribution is -2.10. The standard InChI is InChI=1S/C18H17NOS2/c1-14-17(21-13-19-14)12-22(20)18(15-8-4-2-5-9-15)16-10-6-3-7-11-16/h2-11,13,18H,12H2,1H3/t22-/m0/s1. The zero-order chi connectivity index (χ0) is 15.4. The molecule has 22 heavy (non-hydrogen) atoms. The highest BCUT2D eigenvalue weighted by atomic mass is 32.2. The predicted octanol–water partition coefficient (Wildman–Crippen LogP) is 4.49. The van der Waals surface area contributed by atoms with Gasteiger partial charge in [0, 0.05) is 15.7 Å². The van der Waals surface area contributed by atoms with Crippen molar-refractivity contribution in [2.45, 2.75) is 17.9 Å². The molecule has 0 fully saturated rings. The van der Waals surface area contributed by atoms with E-state index >= 15 is 0 Å². The predicted molar refractivity (Wildman–Crippen MR) is 93.4 cm³/mol. The Hall–Kier alpha value is -1.78. The molecule has 1 atom stereocenters. The highest BCUT2D eigenvalue weighted by Crippen LogP contribution is 2.30. The Bertz CT molecular complexity index is 714. The molecule has 0 spiro atoms. The minimum atomic E-state index is -1.03. The van der Waals surface area contributed by atoms with Gasteiger partial charge in [-0.2, -0.15) is 0 Å². The fraction of sp³-hybridized carbons (Fsp3) is 0.167. The van der Waals surface area contributed by atoms with Gasteiger partial charge in [-0.1, -0.05) is 60.7 Å². The van der Waals surface area contributed by atoms with Crippen molar-refractivity contribution in [2.75, 3.05) is 0 Å². The summed E-state index contributed by atoms with van der Waals surface area (Å²) in [6, 6.07) is 20.2. The summed E-state index contributed by atoms with van der Waals surface area (Å²) in [6.45, 7) is 1.98. The van der Waals surface area contributed by atoms with Crippen LogP contribution in [0.4, 0.5) is 0 Å². The topological polar surface area (TPSA) is 30.0 Å². The summed E-state index contributed by atoms with van der Waals surface area (Å²) in [5.41, 5.74) is 4.99. The van der Waals surface area contributed by atoms with Gasteiger partial charge in [0.1, 0.15) is 0 Å². The SMILES string of the molecule is Cc1ncsc1C[S@](=O)C(c1ccccc1)c1ccccc1. The van der Waals surface area contributed by atoms with Crippen LogP contribution in [0.25, 0.3) is 0 Å². The Labute approximate surface area is 137 Å². The first kappa shape index (κ1) is 15.1. The average molecular weight is 327 g/mol. The minimum absolute atomic E-state index is 0.108. The van der Waals surface area contributed by atoms with Crippen LogP contribution in [0.1, 0.15) is 26.9 Å². The summed E-state index contributed by atoms with van der Waals surface area (Å²) in [4.78, 5) is 5.37. The molecule has 0 N–H and O–H groups in total. The van der Waals surface area contributed by atoms with Gasteiger partial charge in [-0.25, -0.2) is 4.98 Å². The highest BCUT2D eigenvalue weighted by Gasteiger charge is 2.22. The maximum Gasteiger partial charge on any atom is 0.0850 e. The highest BCUT2D eigenvalue weighted by molar-refractivity contribution is 7.84. The van der Waals surface area contributed by atoms with Gasteiger partial charge in [-0.05, 0) is 18.1 Å². The third-order valence-electron chi connectivity index (χ3n) is 3.59. The number of hydrogen-bond acceptors (Lipinski definition) is 3. The van der Waals surface area contributed by atoms with Crippen LogP contribution in [0, 0.1) is 6.92 Å². The first-order chi connectivity index (χ1) is 10.8. The molecule has 0 amide bonds. The van der Waals surface area contributed by atoms with Gasteiger partial charge in [-0.15, -0.1) is 11.3 Å². The Morgan fingerprint density at radius 2 is 1.55 bits per heavy atom. The maximum absolute atomic E-state index is 13.1. The lowest BCUT2D eigenvalue weighted by Gasteiger charge is -2.17. The van der Waals surface area contributed by atoms with E-state index in [1.165, 1.54) is 0 Å². The van der Waals surface area contributed by atoms with E-state index in [0.29, 0.717) is 5.75 Å². The molecule has 2 aromatic carbocycles. The smallest absolute Gasteiger partial charge is 0.0850 e. The van der Waals surface area contributed by atoms with Crippen LogP contribution in [0.3, 0.4) is 0 Å². The molecule has 1 aromatic heterocycles. The third kappa shape index (κ3) is 3.34. The summed E-state index contributed by atoms with van der Waals surface area (Å²) in [6.07, 6.45) is 0. The van der Waals surface area contributed by atoms with Crippen molar-refractivity contribution in [1.29, 1.82) is 0 Å². The van der Waals surface area contributed by atoms with Crippen molar-refractivity contribution < 1.29 is 4.21 Å². The monoisotopic (exact) mass is 327 g/mol. The summed E-state index contributed by atoms with van der Waals surface area (Å²) in [7, 11) is -1.03. The number of hydrogen-bond donors (Lipinski definition) is 0. The number of nitrogens with zero attached hydrogens (tertiary/aromatic N) is 1. The minimum Gasteiger partial charge on any atom is -0.258 e. The number of thiazole rings is 1. The number of aromatic nitrogens is 1. The second-order valence-corrected chi connectivity index (χ2v) is 7.55. The summed E-state index contributed by atoms with van der Waals surface area (Å²) >= 11 is 1.58. The molecule has 0 aliphatic rings. The third-order valence-corrected chi connectivity index (χ3v) is 6.35. The molecule has 0 unspecified atom stereocenters. The molecular weight excluding hydrogens is 310 g/mol. The quantitative estimate of drug-likeness (QED) is 0.691. The van der Waals surface area contributed by atoms with Crippen molar-refractivity contribution in [3.05, 3.63) is 87.9 Å². The Kier molecular flexibility index (Phi) is 4.80. The van der Waals surface area contributed by atoms with E-state index in [9.17, 15) is 4.21 Å². The Morgan fingerprint density at radius 1 is 1.00 bits per heavy atom. The molecule has 3 aromatic rings. The van der Waals surface area contributed by atoms with Crippen molar-refractivity contribution in [3.8, 4) is 0 Å². The fourth-order valence-electron chi connectivity index (χ4n) is 2.43. The molecule has 0 saturated carbocycles. The second-order valence-electron chi connectivity index (χ2n) is 5.09. The largest absolute Gasteiger partial charge is 0.258 e. The lowest BCUT2D eigenvalue weighted by molar-refractivity contribution is 0.678. The molecule has 0 bridgehead atoms. The van der Waals surface area contributed by atoms with Crippen LogP contribution >= 0.6 is 11.3 Å². The zero-order valence-corrected chi connectivity index (χ0v) is 13.9. The van der Waals surface area contributed by atoms with Crippen molar-refractivity contribution >= 4 is 22.1 Å². The van der Waals surface area contributed by atoms with Gasteiger partial charge in [-0.3, -0.25) is 4.21 Å². The van der Waals surface area contributed by atoms with Crippen LogP contribution < -0.4 is 0 Å². The van der Waals surface area contributed by atoms with Gasteiger partial charge in [0.2, 0.25) is 0 Å². The summed E-state index contributed by atoms with van der Waals surface area (Å²) in [5.74, 6) is 0.547. The van der Waals surface area contributed by atoms with Crippen LogP contribution in [-0.4, -0.2) is 9.19 Å². The molecule has 3 rings (SSSR count). The van der Waals surface area contributed by atoms with E-state index < -0.39 is 10.8 Å². The maximum atomic E-state index is 13.1. The molecule has 0 radical (unpaired) electrons. The Balaban J connectivity index is 1.95. The van der Waals surface area contributed by atoms with Crippen LogP contribution in [0.5, 0.6) is 0 Å². The summed E-state index contributed by atoms with van der Waals surface area (Å²) < 4.78 is 13.1. The van der Waals surface area contributed by atoms with E-state index in [0.717, 1.165) is 21.7 Å². The van der Waals surface area contributed by atoms with Crippen molar-refractivity contribution in [2.24, 2.45) is 0 Å². The van der Waals surface area contributed by atoms with Gasteiger partial charge in [0.05, 0.1) is 22.2 Å². The van der Waals surface area contributed by atoms with E-state index in [2.05, 4.69) is 29.2 Å².